The first-order chi connectivity index (χ1) is 16.0. The van der Waals surface area contributed by atoms with Crippen LogP contribution < -0.4 is 10.2 Å². The van der Waals surface area contributed by atoms with Crippen molar-refractivity contribution in [3.63, 3.8) is 0 Å². The molecule has 8 heteroatoms. The summed E-state index contributed by atoms with van der Waals surface area (Å²) in [5, 5.41) is 14.6. The number of fused-ring (bicyclic) bond motifs is 5. The fraction of sp³-hybridized carbons (Fsp3) is 0.600. The molecule has 4 heterocycles. The highest BCUT2D eigenvalue weighted by Crippen LogP contribution is 2.56. The van der Waals surface area contributed by atoms with Gasteiger partial charge in [0.2, 0.25) is 5.95 Å². The Morgan fingerprint density at radius 1 is 1.12 bits per heavy atom. The molecular weight excluding hydrogens is 456 g/mol. The summed E-state index contributed by atoms with van der Waals surface area (Å²) in [5.74, 6) is 2.37. The quantitative estimate of drug-likeness (QED) is 0.657. The van der Waals surface area contributed by atoms with E-state index in [1.807, 2.05) is 12.1 Å². The standard InChI is InChI=1S/C25H29ClN4O2S/c26-16-4-2-14(3-5-16)15-10-17-6-7-18(11-15)30(17)24-27-21-19-12-20(19)33(32)22(21)23(28-24)29-25(13-31)8-1-9-25/h2-5,15,17-20,31H,1,6-13H2,(H,27,28,29)/t15?,17?,18?,19?,20?,33-/m0/s1. The minimum Gasteiger partial charge on any atom is -0.394 e. The van der Waals surface area contributed by atoms with Gasteiger partial charge in [-0.05, 0) is 75.0 Å². The van der Waals surface area contributed by atoms with E-state index in [2.05, 4.69) is 22.3 Å². The number of aromatic nitrogens is 2. The molecule has 2 aromatic rings. The lowest BCUT2D eigenvalue weighted by atomic mass is 9.77. The van der Waals surface area contributed by atoms with Crippen LogP contribution in [0.25, 0.3) is 0 Å². The lowest BCUT2D eigenvalue weighted by Crippen LogP contribution is -2.49. The van der Waals surface area contributed by atoms with Crippen LogP contribution in [0.5, 0.6) is 0 Å². The van der Waals surface area contributed by atoms with Crippen LogP contribution in [-0.4, -0.2) is 48.8 Å². The van der Waals surface area contributed by atoms with E-state index in [4.69, 9.17) is 21.6 Å². The lowest BCUT2D eigenvalue weighted by Gasteiger charge is -2.42. The fourth-order valence-corrected chi connectivity index (χ4v) is 8.57. The molecule has 4 unspecified atom stereocenters. The predicted molar refractivity (Wildman–Crippen MR) is 130 cm³/mol. The highest BCUT2D eigenvalue weighted by molar-refractivity contribution is 7.86. The van der Waals surface area contributed by atoms with Gasteiger partial charge in [-0.2, -0.15) is 4.98 Å². The molecule has 2 aliphatic carbocycles. The van der Waals surface area contributed by atoms with Gasteiger partial charge in [0.1, 0.15) is 10.7 Å². The number of halogens is 1. The summed E-state index contributed by atoms with van der Waals surface area (Å²) in [6.45, 7) is 0.0817. The summed E-state index contributed by atoms with van der Waals surface area (Å²) >= 11 is 6.11. The maximum atomic E-state index is 13.1. The number of hydrogen-bond acceptors (Lipinski definition) is 6. The maximum Gasteiger partial charge on any atom is 0.228 e. The smallest absolute Gasteiger partial charge is 0.228 e. The van der Waals surface area contributed by atoms with Gasteiger partial charge in [-0.25, -0.2) is 4.98 Å². The Hall–Kier alpha value is -1.70. The molecule has 3 aliphatic heterocycles. The second kappa shape index (κ2) is 7.40. The van der Waals surface area contributed by atoms with Crippen molar-refractivity contribution < 1.29 is 9.32 Å². The van der Waals surface area contributed by atoms with E-state index in [9.17, 15) is 9.32 Å². The molecule has 0 amide bonds. The van der Waals surface area contributed by atoms with Crippen LogP contribution >= 0.6 is 11.6 Å². The number of aliphatic hydroxyl groups is 1. The van der Waals surface area contributed by atoms with Gasteiger partial charge in [0.05, 0.1) is 28.6 Å². The van der Waals surface area contributed by atoms with E-state index in [1.54, 1.807) is 0 Å². The average molecular weight is 485 g/mol. The molecule has 2 bridgehead atoms. The number of anilines is 2. The van der Waals surface area contributed by atoms with Crippen molar-refractivity contribution in [3.05, 3.63) is 40.5 Å². The summed E-state index contributed by atoms with van der Waals surface area (Å²) in [6.07, 6.45) is 8.45. The van der Waals surface area contributed by atoms with Gasteiger partial charge in [-0.3, -0.25) is 4.21 Å². The molecule has 2 saturated heterocycles. The predicted octanol–water partition coefficient (Wildman–Crippen LogP) is 4.35. The molecule has 0 radical (unpaired) electrons. The van der Waals surface area contributed by atoms with Gasteiger partial charge in [-0.1, -0.05) is 23.7 Å². The number of rotatable bonds is 5. The summed E-state index contributed by atoms with van der Waals surface area (Å²) < 4.78 is 13.1. The first-order valence-corrected chi connectivity index (χ1v) is 13.9. The number of piperidine rings is 1. The minimum absolute atomic E-state index is 0.0817. The molecule has 1 aromatic carbocycles. The molecule has 5 aliphatic rings. The number of nitrogens with one attached hydrogen (secondary N) is 1. The van der Waals surface area contributed by atoms with Gasteiger partial charge in [-0.15, -0.1) is 0 Å². The van der Waals surface area contributed by atoms with Gasteiger partial charge in [0.15, 0.2) is 0 Å². The summed E-state index contributed by atoms with van der Waals surface area (Å²) in [6, 6.07) is 9.18. The largest absolute Gasteiger partial charge is 0.394 e. The zero-order valence-electron chi connectivity index (χ0n) is 18.5. The van der Waals surface area contributed by atoms with Gasteiger partial charge in [0.25, 0.3) is 0 Å². The topological polar surface area (TPSA) is 78.3 Å². The monoisotopic (exact) mass is 484 g/mol. The zero-order valence-corrected chi connectivity index (χ0v) is 20.1. The third kappa shape index (κ3) is 3.18. The van der Waals surface area contributed by atoms with Crippen molar-refractivity contribution in [3.8, 4) is 0 Å². The molecule has 5 atom stereocenters. The molecule has 6 nitrogen and oxygen atoms in total. The Morgan fingerprint density at radius 3 is 2.48 bits per heavy atom. The second-order valence-electron chi connectivity index (χ2n) is 10.7. The second-order valence-corrected chi connectivity index (χ2v) is 12.7. The maximum absolute atomic E-state index is 13.1. The van der Waals surface area contributed by atoms with Crippen LogP contribution in [0, 0.1) is 0 Å². The van der Waals surface area contributed by atoms with Gasteiger partial charge >= 0.3 is 0 Å². The SMILES string of the molecule is O=[S@@]1c2c(NC3(CO)CCC3)nc(N3C4CCC3CC(c3ccc(Cl)cc3)C4)nc2C2CC21. The Morgan fingerprint density at radius 2 is 1.85 bits per heavy atom. The first-order valence-electron chi connectivity index (χ1n) is 12.3. The Bertz CT molecular complexity index is 1120. The van der Waals surface area contributed by atoms with Gasteiger partial charge in [0, 0.05) is 28.3 Å². The minimum atomic E-state index is -1.04. The number of nitrogens with zero attached hydrogens (tertiary/aromatic N) is 3. The summed E-state index contributed by atoms with van der Waals surface area (Å²) in [5.41, 5.74) is 2.05. The Kier molecular flexibility index (Phi) is 4.63. The number of hydrogen-bond donors (Lipinski definition) is 2. The van der Waals surface area contributed by atoms with Crippen LogP contribution in [0.15, 0.2) is 29.2 Å². The van der Waals surface area contributed by atoms with Crippen LogP contribution in [0.1, 0.15) is 74.5 Å². The van der Waals surface area contributed by atoms with Crippen molar-refractivity contribution >= 4 is 34.2 Å². The average Bonchev–Trinajstić information content (AvgIpc) is 3.49. The number of aliphatic hydroxyl groups excluding tert-OH is 1. The molecule has 2 N–H and O–H groups in total. The highest BCUT2D eigenvalue weighted by Gasteiger charge is 2.55. The number of benzene rings is 1. The molecule has 7 rings (SSSR count). The van der Waals surface area contributed by atoms with Crippen molar-refractivity contribution in [2.24, 2.45) is 0 Å². The van der Waals surface area contributed by atoms with Crippen LogP contribution in [0.2, 0.25) is 5.02 Å². The van der Waals surface area contributed by atoms with Crippen LogP contribution in [-0.2, 0) is 10.8 Å². The van der Waals surface area contributed by atoms with Crippen molar-refractivity contribution in [1.82, 2.24) is 9.97 Å². The highest BCUT2D eigenvalue weighted by atomic mass is 35.5. The Labute approximate surface area is 201 Å². The van der Waals surface area contributed by atoms with E-state index >= 15 is 0 Å². The van der Waals surface area contributed by atoms with E-state index < -0.39 is 10.8 Å². The van der Waals surface area contributed by atoms with E-state index in [0.29, 0.717) is 29.7 Å². The first kappa shape index (κ1) is 20.7. The lowest BCUT2D eigenvalue weighted by molar-refractivity contribution is 0.143. The van der Waals surface area contributed by atoms with Crippen LogP contribution in [0.3, 0.4) is 0 Å². The fourth-order valence-electron chi connectivity index (χ4n) is 6.64. The zero-order chi connectivity index (χ0) is 22.3. The third-order valence-electron chi connectivity index (χ3n) is 8.74. The summed E-state index contributed by atoms with van der Waals surface area (Å²) in [7, 11) is -1.04. The molecule has 2 saturated carbocycles. The van der Waals surface area contributed by atoms with Crippen molar-refractivity contribution in [1.29, 1.82) is 0 Å². The van der Waals surface area contributed by atoms with Gasteiger partial charge < -0.3 is 15.3 Å². The molecule has 33 heavy (non-hydrogen) atoms. The normalized spacial score (nSPS) is 35.0. The third-order valence-corrected chi connectivity index (χ3v) is 10.9. The Balaban J connectivity index is 1.23. The van der Waals surface area contributed by atoms with Crippen LogP contribution in [0.4, 0.5) is 11.8 Å². The molecular formula is C25H29ClN4O2S. The molecule has 1 aromatic heterocycles. The molecule has 4 fully saturated rings. The molecule has 0 spiro atoms. The van der Waals surface area contributed by atoms with E-state index in [-0.39, 0.29) is 17.4 Å². The van der Waals surface area contributed by atoms with E-state index in [0.717, 1.165) is 72.9 Å². The van der Waals surface area contributed by atoms with Crippen molar-refractivity contribution in [2.75, 3.05) is 16.8 Å². The summed E-state index contributed by atoms with van der Waals surface area (Å²) in [4.78, 5) is 13.4. The van der Waals surface area contributed by atoms with E-state index in [1.165, 1.54) is 5.56 Å². The van der Waals surface area contributed by atoms with Crippen molar-refractivity contribution in [2.45, 2.75) is 91.0 Å². The molecule has 174 valence electrons.